The van der Waals surface area contributed by atoms with Gasteiger partial charge >= 0.3 is 0 Å². The van der Waals surface area contributed by atoms with Crippen molar-refractivity contribution in [2.75, 3.05) is 58.6 Å². The van der Waals surface area contributed by atoms with Crippen molar-refractivity contribution in [2.24, 2.45) is 11.5 Å². The van der Waals surface area contributed by atoms with Gasteiger partial charge in [-0.1, -0.05) is 12.2 Å². The molecule has 3 heterocycles. The van der Waals surface area contributed by atoms with Gasteiger partial charge in [0.15, 0.2) is 0 Å². The maximum absolute atomic E-state index is 13.6. The predicted molar refractivity (Wildman–Crippen MR) is 245 cm³/mol. The van der Waals surface area contributed by atoms with Crippen LogP contribution in [-0.4, -0.2) is 134 Å². The standard InChI is InChI=1S/C44H55N13O9/c1-8-57-32(21-26(2)52-57)41(63)51-44-50-30-22-28(39(45)61)24-33(65-7)37(30)56(44)17-10-9-16-55-38-31(49-43(55)47-4)23-29(40(46)62)25-34(38)66-20-12-15-54(6)42(64)27(3)48-35(59)14-18-53(5)36(60)13-11-19-58/h9-11,13,19,21-25,27H,8,12,14-18,20H2,1-7H3,(H2,45,61)(H2,46,62)(H,47,49)(H,48,59)(H,50,51,63)/b10-9+,13-11-. The van der Waals surface area contributed by atoms with Crippen molar-refractivity contribution in [1.82, 2.24) is 44.0 Å². The summed E-state index contributed by atoms with van der Waals surface area (Å²) in [6.45, 7) is 6.64. The lowest BCUT2D eigenvalue weighted by molar-refractivity contribution is -0.135. The van der Waals surface area contributed by atoms with Gasteiger partial charge in [-0.15, -0.1) is 0 Å². The summed E-state index contributed by atoms with van der Waals surface area (Å²) in [7, 11) is 6.25. The largest absolute Gasteiger partial charge is 0.494 e. The fraction of sp³-hybridized carbons (Fsp3) is 0.364. The van der Waals surface area contributed by atoms with Crippen LogP contribution in [0.15, 0.2) is 54.6 Å². The summed E-state index contributed by atoms with van der Waals surface area (Å²) in [5, 5.41) is 13.0. The fourth-order valence-electron chi connectivity index (χ4n) is 7.08. The van der Waals surface area contributed by atoms with Crippen LogP contribution in [0.1, 0.15) is 63.6 Å². The summed E-state index contributed by atoms with van der Waals surface area (Å²) in [4.78, 5) is 98.3. The minimum atomic E-state index is -0.844. The minimum absolute atomic E-state index is 0.0436. The molecule has 22 nitrogen and oxygen atoms in total. The normalized spacial score (nSPS) is 11.8. The monoisotopic (exact) mass is 909 g/mol. The number of aryl methyl sites for hydroxylation is 2. The molecule has 0 aliphatic carbocycles. The number of carbonyl (C=O) groups is 7. The number of likely N-dealkylation sites (N-methyl/N-ethyl adjacent to an activating group) is 2. The first-order valence-corrected chi connectivity index (χ1v) is 21.0. The molecule has 0 aliphatic rings. The molecule has 0 spiro atoms. The molecule has 1 unspecified atom stereocenters. The summed E-state index contributed by atoms with van der Waals surface area (Å²) >= 11 is 0. The number of aldehydes is 1. The Morgan fingerprint density at radius 2 is 1.47 bits per heavy atom. The van der Waals surface area contributed by atoms with E-state index < -0.39 is 35.6 Å². The van der Waals surface area contributed by atoms with E-state index in [0.29, 0.717) is 70.2 Å². The zero-order chi connectivity index (χ0) is 48.2. The number of nitrogens with two attached hydrogens (primary N) is 2. The van der Waals surface area contributed by atoms with Crippen LogP contribution in [0.25, 0.3) is 22.1 Å². The third-order valence-electron chi connectivity index (χ3n) is 10.4. The zero-order valence-electron chi connectivity index (χ0n) is 37.9. The van der Waals surface area contributed by atoms with Gasteiger partial charge in [0, 0.05) is 77.5 Å². The van der Waals surface area contributed by atoms with Crippen molar-refractivity contribution in [3.8, 4) is 11.5 Å². The number of anilines is 2. The second-order valence-corrected chi connectivity index (χ2v) is 15.1. The first-order chi connectivity index (χ1) is 31.5. The Morgan fingerprint density at radius 3 is 2.06 bits per heavy atom. The number of hydrogen-bond donors (Lipinski definition) is 5. The van der Waals surface area contributed by atoms with E-state index in [0.717, 1.165) is 12.2 Å². The summed E-state index contributed by atoms with van der Waals surface area (Å²) in [5.41, 5.74) is 14.5. The van der Waals surface area contributed by atoms with Crippen LogP contribution >= 0.6 is 0 Å². The van der Waals surface area contributed by atoms with Gasteiger partial charge in [0.05, 0.1) is 30.4 Å². The van der Waals surface area contributed by atoms with Crippen LogP contribution < -0.4 is 36.9 Å². The number of nitrogens with one attached hydrogen (secondary N) is 3. The van der Waals surface area contributed by atoms with E-state index in [1.54, 1.807) is 49.3 Å². The molecule has 0 saturated heterocycles. The summed E-state index contributed by atoms with van der Waals surface area (Å²) in [6, 6.07) is 6.98. The Balaban J connectivity index is 1.32. The third-order valence-corrected chi connectivity index (χ3v) is 10.4. The highest BCUT2D eigenvalue weighted by molar-refractivity contribution is 6.04. The number of carbonyl (C=O) groups excluding carboxylic acids is 7. The van der Waals surface area contributed by atoms with E-state index in [4.69, 9.17) is 25.9 Å². The smallest absolute Gasteiger partial charge is 0.276 e. The molecule has 0 saturated carbocycles. The van der Waals surface area contributed by atoms with Gasteiger partial charge in [0.1, 0.15) is 40.6 Å². The summed E-state index contributed by atoms with van der Waals surface area (Å²) < 4.78 is 17.1. The molecule has 5 aromatic rings. The molecule has 5 rings (SSSR count). The van der Waals surface area contributed by atoms with Gasteiger partial charge in [-0.3, -0.25) is 43.6 Å². The molecule has 350 valence electrons. The Bertz CT molecular complexity index is 2710. The van der Waals surface area contributed by atoms with Crippen LogP contribution in [-0.2, 0) is 38.8 Å². The maximum Gasteiger partial charge on any atom is 0.276 e. The molecule has 0 aliphatic heterocycles. The third kappa shape index (κ3) is 11.6. The number of amides is 6. The van der Waals surface area contributed by atoms with E-state index in [2.05, 4.69) is 26.0 Å². The molecule has 0 radical (unpaired) electrons. The number of allylic oxidation sites excluding steroid dienone is 3. The number of fused-ring (bicyclic) bond motifs is 2. The first-order valence-electron chi connectivity index (χ1n) is 21.0. The summed E-state index contributed by atoms with van der Waals surface area (Å²) in [6.07, 6.45) is 6.71. The highest BCUT2D eigenvalue weighted by atomic mass is 16.5. The summed E-state index contributed by atoms with van der Waals surface area (Å²) in [5.74, 6) is -1.70. The Morgan fingerprint density at radius 1 is 0.864 bits per heavy atom. The van der Waals surface area contributed by atoms with E-state index in [-0.39, 0.29) is 62.2 Å². The second kappa shape index (κ2) is 22.0. The zero-order valence-corrected chi connectivity index (χ0v) is 37.9. The molecule has 7 N–H and O–H groups in total. The van der Waals surface area contributed by atoms with Crippen molar-refractivity contribution in [2.45, 2.75) is 59.3 Å². The number of hydrogen-bond acceptors (Lipinski definition) is 13. The number of imidazole rings is 2. The van der Waals surface area contributed by atoms with Gasteiger partial charge in [-0.25, -0.2) is 9.97 Å². The lowest BCUT2D eigenvalue weighted by Gasteiger charge is -2.23. The number of methoxy groups -OCH3 is 1. The average Bonchev–Trinajstić information content (AvgIpc) is 3.98. The molecule has 3 aromatic heterocycles. The van der Waals surface area contributed by atoms with Crippen LogP contribution in [0.4, 0.5) is 11.9 Å². The number of nitrogens with zero attached hydrogens (tertiary/aromatic N) is 8. The van der Waals surface area contributed by atoms with E-state index in [9.17, 15) is 33.6 Å². The Kier molecular flexibility index (Phi) is 16.4. The van der Waals surface area contributed by atoms with E-state index >= 15 is 0 Å². The van der Waals surface area contributed by atoms with Crippen LogP contribution in [0.3, 0.4) is 0 Å². The topological polar surface area (TPSA) is 286 Å². The number of rotatable bonds is 23. The highest BCUT2D eigenvalue weighted by Gasteiger charge is 2.23. The molecule has 66 heavy (non-hydrogen) atoms. The first kappa shape index (κ1) is 49.0. The Hall–Kier alpha value is -8.04. The number of aromatic nitrogens is 6. The van der Waals surface area contributed by atoms with Crippen molar-refractivity contribution in [3.63, 3.8) is 0 Å². The number of primary amides is 2. The molecule has 2 aromatic carbocycles. The van der Waals surface area contributed by atoms with E-state index in [1.165, 1.54) is 42.2 Å². The van der Waals surface area contributed by atoms with Crippen molar-refractivity contribution >= 4 is 75.7 Å². The number of benzene rings is 2. The number of ether oxygens (including phenoxy) is 2. The van der Waals surface area contributed by atoms with Crippen LogP contribution in [0.2, 0.25) is 0 Å². The van der Waals surface area contributed by atoms with Crippen LogP contribution in [0, 0.1) is 6.92 Å². The van der Waals surface area contributed by atoms with Crippen molar-refractivity contribution < 1.29 is 43.0 Å². The van der Waals surface area contributed by atoms with E-state index in [1.807, 2.05) is 23.6 Å². The second-order valence-electron chi connectivity index (χ2n) is 15.1. The van der Waals surface area contributed by atoms with Crippen molar-refractivity contribution in [3.05, 3.63) is 77.2 Å². The quantitative estimate of drug-likeness (QED) is 0.0272. The fourth-order valence-corrected chi connectivity index (χ4v) is 7.08. The maximum atomic E-state index is 13.6. The highest BCUT2D eigenvalue weighted by Crippen LogP contribution is 2.33. The molecular weight excluding hydrogens is 855 g/mol. The van der Waals surface area contributed by atoms with Crippen molar-refractivity contribution in [1.29, 1.82) is 0 Å². The minimum Gasteiger partial charge on any atom is -0.494 e. The van der Waals surface area contributed by atoms with Gasteiger partial charge in [0.25, 0.3) is 5.91 Å². The molecule has 0 bridgehead atoms. The lowest BCUT2D eigenvalue weighted by atomic mass is 10.1. The molecule has 22 heteroatoms. The van der Waals surface area contributed by atoms with Gasteiger partial charge in [-0.2, -0.15) is 5.10 Å². The molecule has 1 atom stereocenters. The van der Waals surface area contributed by atoms with Gasteiger partial charge in [-0.05, 0) is 63.6 Å². The SMILES string of the molecule is CCn1nc(C)cc1C(=O)Nc1nc2cc(C(N)=O)cc(OC)c2n1C/C=C/Cn1c(NC)nc2cc(C(N)=O)cc(OCCCN(C)C(=O)C(C)NC(=O)CCN(C)C(=O)/C=C\C=O)c21. The lowest BCUT2D eigenvalue weighted by Crippen LogP contribution is -2.46. The van der Waals surface area contributed by atoms with Crippen LogP contribution in [0.5, 0.6) is 11.5 Å². The molecule has 6 amide bonds. The van der Waals surface area contributed by atoms with Gasteiger partial charge < -0.3 is 50.5 Å². The molecular formula is C44H55N13O9. The molecule has 0 fully saturated rings. The Labute approximate surface area is 379 Å². The predicted octanol–water partition coefficient (Wildman–Crippen LogP) is 2.00. The van der Waals surface area contributed by atoms with Gasteiger partial charge in [0.2, 0.25) is 41.4 Å². The average molecular weight is 910 g/mol.